The first-order chi connectivity index (χ1) is 9.13. The zero-order valence-electron chi connectivity index (χ0n) is 11.0. The van der Waals surface area contributed by atoms with Crippen molar-refractivity contribution in [1.29, 1.82) is 0 Å². The Morgan fingerprint density at radius 3 is 2.58 bits per heavy atom. The monoisotopic (exact) mass is 265 g/mol. The van der Waals surface area contributed by atoms with E-state index in [2.05, 4.69) is 9.47 Å². The number of nitrogens with two attached hydrogens (primary N) is 1. The van der Waals surface area contributed by atoms with Crippen molar-refractivity contribution >= 4 is 12.1 Å². The molecule has 0 radical (unpaired) electrons. The van der Waals surface area contributed by atoms with Crippen molar-refractivity contribution in [3.63, 3.8) is 0 Å². The average molecular weight is 265 g/mol. The predicted octanol–water partition coefficient (Wildman–Crippen LogP) is 2.04. The number of carbonyl (C=O) groups excluding carboxylic acids is 2. The van der Waals surface area contributed by atoms with Crippen molar-refractivity contribution in [2.45, 2.75) is 32.2 Å². The van der Waals surface area contributed by atoms with Gasteiger partial charge in [0.15, 0.2) is 0 Å². The largest absolute Gasteiger partial charge is 0.516 e. The van der Waals surface area contributed by atoms with E-state index in [-0.39, 0.29) is 6.61 Å². The molecule has 0 heterocycles. The lowest BCUT2D eigenvalue weighted by atomic mass is 10.1. The molecule has 1 atom stereocenters. The van der Waals surface area contributed by atoms with Gasteiger partial charge in [-0.2, -0.15) is 0 Å². The number of ether oxygens (including phenoxy) is 2. The van der Waals surface area contributed by atoms with Gasteiger partial charge >= 0.3 is 12.1 Å². The van der Waals surface area contributed by atoms with E-state index in [1.54, 1.807) is 6.92 Å². The third kappa shape index (κ3) is 6.01. The molecular formula is C14H19NO4. The van der Waals surface area contributed by atoms with Crippen LogP contribution in [0.1, 0.15) is 25.3 Å². The highest BCUT2D eigenvalue weighted by atomic mass is 16.7. The molecule has 0 aliphatic rings. The number of esters is 1. The molecule has 0 spiro atoms. The molecule has 5 heteroatoms. The summed E-state index contributed by atoms with van der Waals surface area (Å²) in [5, 5.41) is 0. The van der Waals surface area contributed by atoms with Crippen molar-refractivity contribution < 1.29 is 19.1 Å². The standard InChI is InChI=1S/C14H19NO4/c1-2-18-14(17)19-13(16)12(15)10-6-9-11-7-4-3-5-8-11/h3-5,7-8,12H,2,6,9-10,15H2,1H3. The van der Waals surface area contributed by atoms with Gasteiger partial charge in [0.25, 0.3) is 0 Å². The Morgan fingerprint density at radius 2 is 1.95 bits per heavy atom. The summed E-state index contributed by atoms with van der Waals surface area (Å²) in [6, 6.07) is 9.11. The van der Waals surface area contributed by atoms with Gasteiger partial charge in [-0.25, -0.2) is 9.59 Å². The maximum absolute atomic E-state index is 11.4. The fourth-order valence-corrected chi connectivity index (χ4v) is 1.59. The van der Waals surface area contributed by atoms with E-state index in [1.165, 1.54) is 5.56 Å². The summed E-state index contributed by atoms with van der Waals surface area (Å²) in [5.74, 6) is -0.744. The summed E-state index contributed by atoms with van der Waals surface area (Å²) in [7, 11) is 0. The molecule has 1 rings (SSSR count). The Labute approximate surface area is 112 Å². The second-order valence-electron chi connectivity index (χ2n) is 4.09. The molecular weight excluding hydrogens is 246 g/mol. The second kappa shape index (κ2) is 8.26. The normalized spacial score (nSPS) is 11.7. The summed E-state index contributed by atoms with van der Waals surface area (Å²) in [5.41, 5.74) is 6.83. The number of carbonyl (C=O) groups is 2. The first-order valence-corrected chi connectivity index (χ1v) is 6.31. The Hall–Kier alpha value is -1.88. The van der Waals surface area contributed by atoms with E-state index in [0.717, 1.165) is 12.8 Å². The van der Waals surface area contributed by atoms with Gasteiger partial charge in [0.2, 0.25) is 0 Å². The smallest absolute Gasteiger partial charge is 0.434 e. The highest BCUT2D eigenvalue weighted by Crippen LogP contribution is 2.06. The fraction of sp³-hybridized carbons (Fsp3) is 0.429. The summed E-state index contributed by atoms with van der Waals surface area (Å²) >= 11 is 0. The van der Waals surface area contributed by atoms with Crippen LogP contribution in [-0.4, -0.2) is 24.8 Å². The van der Waals surface area contributed by atoms with E-state index in [4.69, 9.17) is 5.73 Å². The number of hydrogen-bond donors (Lipinski definition) is 1. The Balaban J connectivity index is 2.25. The van der Waals surface area contributed by atoms with Crippen molar-refractivity contribution in [3.8, 4) is 0 Å². The van der Waals surface area contributed by atoms with E-state index in [9.17, 15) is 9.59 Å². The van der Waals surface area contributed by atoms with Crippen LogP contribution >= 0.6 is 0 Å². The van der Waals surface area contributed by atoms with Crippen LogP contribution < -0.4 is 5.73 Å². The first-order valence-electron chi connectivity index (χ1n) is 6.31. The molecule has 0 saturated heterocycles. The molecule has 19 heavy (non-hydrogen) atoms. The van der Waals surface area contributed by atoms with E-state index >= 15 is 0 Å². The molecule has 104 valence electrons. The number of hydrogen-bond acceptors (Lipinski definition) is 5. The van der Waals surface area contributed by atoms with Crippen LogP contribution in [0.15, 0.2) is 30.3 Å². The minimum atomic E-state index is -0.994. The lowest BCUT2D eigenvalue weighted by Gasteiger charge is -2.09. The highest BCUT2D eigenvalue weighted by Gasteiger charge is 2.19. The summed E-state index contributed by atoms with van der Waals surface area (Å²) in [6.07, 6.45) is 1.06. The minimum absolute atomic E-state index is 0.162. The molecule has 2 N–H and O–H groups in total. The Bertz CT molecular complexity index is 405. The third-order valence-electron chi connectivity index (χ3n) is 2.57. The first kappa shape index (κ1) is 15.2. The molecule has 1 aromatic carbocycles. The van der Waals surface area contributed by atoms with Gasteiger partial charge in [-0.3, -0.25) is 0 Å². The van der Waals surface area contributed by atoms with Crippen LogP contribution in [-0.2, 0) is 20.7 Å². The molecule has 0 fully saturated rings. The van der Waals surface area contributed by atoms with Crippen LogP contribution in [0, 0.1) is 0 Å². The van der Waals surface area contributed by atoms with Gasteiger partial charge in [-0.1, -0.05) is 30.3 Å². The molecule has 0 aliphatic heterocycles. The topological polar surface area (TPSA) is 78.6 Å². The summed E-state index contributed by atoms with van der Waals surface area (Å²) < 4.78 is 8.93. The van der Waals surface area contributed by atoms with Gasteiger partial charge in [0.05, 0.1) is 6.61 Å². The maximum Gasteiger partial charge on any atom is 0.516 e. The van der Waals surface area contributed by atoms with Gasteiger partial charge in [-0.05, 0) is 31.7 Å². The zero-order chi connectivity index (χ0) is 14.1. The third-order valence-corrected chi connectivity index (χ3v) is 2.57. The van der Waals surface area contributed by atoms with Crippen LogP contribution in [0.5, 0.6) is 0 Å². The van der Waals surface area contributed by atoms with Gasteiger partial charge in [0, 0.05) is 0 Å². The predicted molar refractivity (Wildman–Crippen MR) is 70.5 cm³/mol. The maximum atomic E-state index is 11.4. The minimum Gasteiger partial charge on any atom is -0.434 e. The SMILES string of the molecule is CCOC(=O)OC(=O)C(N)CCCc1ccccc1. The van der Waals surface area contributed by atoms with Crippen molar-refractivity contribution in [2.24, 2.45) is 5.73 Å². The molecule has 1 unspecified atom stereocenters. The molecule has 0 aliphatic carbocycles. The quantitative estimate of drug-likeness (QED) is 0.629. The summed E-state index contributed by atoms with van der Waals surface area (Å²) in [6.45, 7) is 1.79. The number of aryl methyl sites for hydroxylation is 1. The highest BCUT2D eigenvalue weighted by molar-refractivity contribution is 5.85. The van der Waals surface area contributed by atoms with E-state index in [0.29, 0.717) is 6.42 Å². The van der Waals surface area contributed by atoms with Crippen molar-refractivity contribution in [1.82, 2.24) is 0 Å². The van der Waals surface area contributed by atoms with Crippen LogP contribution in [0.3, 0.4) is 0 Å². The van der Waals surface area contributed by atoms with Crippen LogP contribution in [0.2, 0.25) is 0 Å². The average Bonchev–Trinajstić information content (AvgIpc) is 2.40. The van der Waals surface area contributed by atoms with Gasteiger partial charge in [-0.15, -0.1) is 0 Å². The van der Waals surface area contributed by atoms with Gasteiger partial charge < -0.3 is 15.2 Å². The number of benzene rings is 1. The van der Waals surface area contributed by atoms with Crippen LogP contribution in [0.25, 0.3) is 0 Å². The van der Waals surface area contributed by atoms with Gasteiger partial charge in [0.1, 0.15) is 6.04 Å². The Kier molecular flexibility index (Phi) is 6.60. The van der Waals surface area contributed by atoms with Crippen molar-refractivity contribution in [3.05, 3.63) is 35.9 Å². The zero-order valence-corrected chi connectivity index (χ0v) is 11.0. The molecule has 5 nitrogen and oxygen atoms in total. The second-order valence-corrected chi connectivity index (χ2v) is 4.09. The van der Waals surface area contributed by atoms with E-state index < -0.39 is 18.2 Å². The number of rotatable bonds is 6. The Morgan fingerprint density at radius 1 is 1.26 bits per heavy atom. The lowest BCUT2D eigenvalue weighted by molar-refractivity contribution is -0.141. The summed E-state index contributed by atoms with van der Waals surface area (Å²) in [4.78, 5) is 22.4. The molecule has 1 aromatic rings. The molecule has 0 bridgehead atoms. The fourth-order valence-electron chi connectivity index (χ4n) is 1.59. The van der Waals surface area contributed by atoms with Crippen molar-refractivity contribution in [2.75, 3.05) is 6.61 Å². The van der Waals surface area contributed by atoms with E-state index in [1.807, 2.05) is 30.3 Å². The molecule has 0 amide bonds. The van der Waals surface area contributed by atoms with Crippen LogP contribution in [0.4, 0.5) is 4.79 Å². The molecule has 0 saturated carbocycles. The lowest BCUT2D eigenvalue weighted by Crippen LogP contribution is -2.34. The molecule has 0 aromatic heterocycles.